The normalized spacial score (nSPS) is 14.9. The van der Waals surface area contributed by atoms with Crippen LogP contribution in [0.15, 0.2) is 24.3 Å². The Morgan fingerprint density at radius 3 is 2.18 bits per heavy atom. The van der Waals surface area contributed by atoms with Crippen molar-refractivity contribution in [3.8, 4) is 0 Å². The number of nitrogens with two attached hydrogens (primary N) is 1. The highest BCUT2D eigenvalue weighted by Gasteiger charge is 2.13. The summed E-state index contributed by atoms with van der Waals surface area (Å²) < 4.78 is 0. The maximum absolute atomic E-state index is 5.78. The lowest BCUT2D eigenvalue weighted by Crippen LogP contribution is -2.33. The first kappa shape index (κ1) is 14.2. The predicted octanol–water partition coefficient (Wildman–Crippen LogP) is 2.88. The molecule has 0 aliphatic carbocycles. The Morgan fingerprint density at radius 1 is 1.12 bits per heavy atom. The van der Waals surface area contributed by atoms with Gasteiger partial charge in [-0.1, -0.05) is 43.7 Å². The van der Waals surface area contributed by atoms with Crippen molar-refractivity contribution in [1.82, 2.24) is 5.32 Å². The highest BCUT2D eigenvalue weighted by Crippen LogP contribution is 2.15. The zero-order chi connectivity index (χ0) is 12.8. The molecule has 0 aromatic heterocycles. The third kappa shape index (κ3) is 4.49. The number of benzene rings is 1. The Morgan fingerprint density at radius 2 is 1.71 bits per heavy atom. The number of hydrogen-bond donors (Lipinski definition) is 2. The van der Waals surface area contributed by atoms with E-state index in [1.807, 2.05) is 0 Å². The van der Waals surface area contributed by atoms with Crippen LogP contribution in [-0.4, -0.2) is 13.1 Å². The standard InChI is InChI=1S/C15H26N2/c1-11(2)15(9-16)10-17-13(4)14-7-5-12(3)6-8-14/h5-8,11,13,15,17H,9-10,16H2,1-4H3/t13-,15?/m1/s1. The van der Waals surface area contributed by atoms with Crippen molar-refractivity contribution in [2.24, 2.45) is 17.6 Å². The summed E-state index contributed by atoms with van der Waals surface area (Å²) in [5.41, 5.74) is 8.43. The van der Waals surface area contributed by atoms with Crippen molar-refractivity contribution in [3.05, 3.63) is 35.4 Å². The minimum atomic E-state index is 0.392. The van der Waals surface area contributed by atoms with E-state index in [1.54, 1.807) is 0 Å². The Labute approximate surface area is 106 Å². The van der Waals surface area contributed by atoms with E-state index >= 15 is 0 Å². The molecule has 0 saturated carbocycles. The Balaban J connectivity index is 2.49. The molecule has 1 aromatic rings. The molecule has 0 heterocycles. The van der Waals surface area contributed by atoms with Crippen molar-refractivity contribution < 1.29 is 0 Å². The third-order valence-electron chi connectivity index (χ3n) is 3.51. The first-order chi connectivity index (χ1) is 8.04. The molecule has 0 radical (unpaired) electrons. The summed E-state index contributed by atoms with van der Waals surface area (Å²) in [6, 6.07) is 9.11. The van der Waals surface area contributed by atoms with Crippen molar-refractivity contribution in [2.75, 3.05) is 13.1 Å². The van der Waals surface area contributed by atoms with Crippen molar-refractivity contribution in [3.63, 3.8) is 0 Å². The molecule has 0 aliphatic rings. The molecule has 1 unspecified atom stereocenters. The van der Waals surface area contributed by atoms with Crippen LogP contribution in [0.2, 0.25) is 0 Å². The van der Waals surface area contributed by atoms with Gasteiger partial charge in [-0.2, -0.15) is 0 Å². The van der Waals surface area contributed by atoms with Gasteiger partial charge in [-0.05, 0) is 44.3 Å². The van der Waals surface area contributed by atoms with Gasteiger partial charge in [0, 0.05) is 6.04 Å². The molecule has 2 heteroatoms. The van der Waals surface area contributed by atoms with Crippen LogP contribution in [0.4, 0.5) is 0 Å². The van der Waals surface area contributed by atoms with Crippen LogP contribution in [0.25, 0.3) is 0 Å². The van der Waals surface area contributed by atoms with Crippen LogP contribution in [0.5, 0.6) is 0 Å². The molecule has 0 amide bonds. The molecular formula is C15H26N2. The van der Waals surface area contributed by atoms with E-state index in [9.17, 15) is 0 Å². The summed E-state index contributed by atoms with van der Waals surface area (Å²) in [5, 5.41) is 3.57. The smallest absolute Gasteiger partial charge is 0.0291 e. The van der Waals surface area contributed by atoms with Gasteiger partial charge < -0.3 is 11.1 Å². The minimum absolute atomic E-state index is 0.392. The molecule has 0 saturated heterocycles. The predicted molar refractivity (Wildman–Crippen MR) is 75.0 cm³/mol. The van der Waals surface area contributed by atoms with Gasteiger partial charge in [-0.25, -0.2) is 0 Å². The Hall–Kier alpha value is -0.860. The van der Waals surface area contributed by atoms with E-state index in [-0.39, 0.29) is 0 Å². The molecule has 0 bridgehead atoms. The lowest BCUT2D eigenvalue weighted by Gasteiger charge is -2.22. The van der Waals surface area contributed by atoms with Crippen molar-refractivity contribution in [2.45, 2.75) is 33.7 Å². The summed E-state index contributed by atoms with van der Waals surface area (Å²) in [6.45, 7) is 10.5. The molecule has 0 spiro atoms. The Kier molecular flexibility index (Phi) is 5.66. The summed E-state index contributed by atoms with van der Waals surface area (Å²) in [5.74, 6) is 1.20. The minimum Gasteiger partial charge on any atom is -0.330 e. The zero-order valence-corrected chi connectivity index (χ0v) is 11.5. The number of rotatable bonds is 6. The van der Waals surface area contributed by atoms with E-state index in [1.165, 1.54) is 11.1 Å². The van der Waals surface area contributed by atoms with Crippen molar-refractivity contribution >= 4 is 0 Å². The molecule has 1 rings (SSSR count). The fourth-order valence-electron chi connectivity index (χ4n) is 1.89. The van der Waals surface area contributed by atoms with Gasteiger partial charge in [-0.15, -0.1) is 0 Å². The van der Waals surface area contributed by atoms with E-state index in [4.69, 9.17) is 5.73 Å². The lowest BCUT2D eigenvalue weighted by atomic mass is 9.95. The SMILES string of the molecule is Cc1ccc([C@@H](C)NCC(CN)C(C)C)cc1. The van der Waals surface area contributed by atoms with Crippen molar-refractivity contribution in [1.29, 1.82) is 0 Å². The largest absolute Gasteiger partial charge is 0.330 e. The molecule has 0 fully saturated rings. The van der Waals surface area contributed by atoms with Crippen LogP contribution in [0.1, 0.15) is 37.9 Å². The second-order valence-electron chi connectivity index (χ2n) is 5.28. The summed E-state index contributed by atoms with van der Waals surface area (Å²) in [4.78, 5) is 0. The Bertz CT molecular complexity index is 316. The molecule has 1 aromatic carbocycles. The highest BCUT2D eigenvalue weighted by atomic mass is 14.9. The molecular weight excluding hydrogens is 208 g/mol. The van der Waals surface area contributed by atoms with Gasteiger partial charge >= 0.3 is 0 Å². The van der Waals surface area contributed by atoms with Crippen LogP contribution in [0, 0.1) is 18.8 Å². The maximum atomic E-state index is 5.78. The third-order valence-corrected chi connectivity index (χ3v) is 3.51. The quantitative estimate of drug-likeness (QED) is 0.794. The van der Waals surface area contributed by atoms with Gasteiger partial charge in [0.15, 0.2) is 0 Å². The summed E-state index contributed by atoms with van der Waals surface area (Å²) >= 11 is 0. The molecule has 0 aliphatic heterocycles. The molecule has 2 nitrogen and oxygen atoms in total. The van der Waals surface area contributed by atoms with Gasteiger partial charge in [-0.3, -0.25) is 0 Å². The zero-order valence-electron chi connectivity index (χ0n) is 11.5. The molecule has 96 valence electrons. The monoisotopic (exact) mass is 234 g/mol. The molecule has 17 heavy (non-hydrogen) atoms. The van der Waals surface area contributed by atoms with Gasteiger partial charge in [0.25, 0.3) is 0 Å². The van der Waals surface area contributed by atoms with Gasteiger partial charge in [0.1, 0.15) is 0 Å². The lowest BCUT2D eigenvalue weighted by molar-refractivity contribution is 0.356. The van der Waals surface area contributed by atoms with E-state index in [0.717, 1.165) is 13.1 Å². The summed E-state index contributed by atoms with van der Waals surface area (Å²) in [7, 11) is 0. The fourth-order valence-corrected chi connectivity index (χ4v) is 1.89. The topological polar surface area (TPSA) is 38.0 Å². The van der Waals surface area contributed by atoms with Crippen LogP contribution >= 0.6 is 0 Å². The second-order valence-corrected chi connectivity index (χ2v) is 5.28. The van der Waals surface area contributed by atoms with E-state index in [0.29, 0.717) is 17.9 Å². The van der Waals surface area contributed by atoms with E-state index in [2.05, 4.69) is 57.3 Å². The molecule has 3 N–H and O–H groups in total. The maximum Gasteiger partial charge on any atom is 0.0291 e. The number of nitrogens with one attached hydrogen (secondary N) is 1. The average Bonchev–Trinajstić information content (AvgIpc) is 2.30. The first-order valence-corrected chi connectivity index (χ1v) is 6.54. The first-order valence-electron chi connectivity index (χ1n) is 6.54. The average molecular weight is 234 g/mol. The van der Waals surface area contributed by atoms with Crippen LogP contribution < -0.4 is 11.1 Å². The van der Waals surface area contributed by atoms with Gasteiger partial charge in [0.2, 0.25) is 0 Å². The van der Waals surface area contributed by atoms with Gasteiger partial charge in [0.05, 0.1) is 0 Å². The number of hydrogen-bond acceptors (Lipinski definition) is 2. The van der Waals surface area contributed by atoms with Crippen LogP contribution in [0.3, 0.4) is 0 Å². The summed E-state index contributed by atoms with van der Waals surface area (Å²) in [6.07, 6.45) is 0. The highest BCUT2D eigenvalue weighted by molar-refractivity contribution is 5.23. The molecule has 2 atom stereocenters. The van der Waals surface area contributed by atoms with E-state index < -0.39 is 0 Å². The second kappa shape index (κ2) is 6.77. The number of aryl methyl sites for hydroxylation is 1. The fraction of sp³-hybridized carbons (Fsp3) is 0.600. The van der Waals surface area contributed by atoms with Crippen LogP contribution in [-0.2, 0) is 0 Å².